The minimum Gasteiger partial charge on any atom is -0.359 e. The first-order valence-electron chi connectivity index (χ1n) is 3.76. The van der Waals surface area contributed by atoms with E-state index in [-0.39, 0.29) is 18.4 Å². The Morgan fingerprint density at radius 2 is 2.08 bits per heavy atom. The highest BCUT2D eigenvalue weighted by Gasteiger charge is 2.07. The standard InChI is InChI=1S/C7H15N3O2/c1-9-6(11)3-4-10(2)7(12)5-8/h3-5,8H2,1-2H3,(H,9,11). The molecular weight excluding hydrogens is 158 g/mol. The van der Waals surface area contributed by atoms with E-state index >= 15 is 0 Å². The molecule has 5 nitrogen and oxygen atoms in total. The molecule has 0 aliphatic rings. The molecule has 0 saturated carbocycles. The van der Waals surface area contributed by atoms with E-state index in [1.54, 1.807) is 14.1 Å². The number of likely N-dealkylation sites (N-methyl/N-ethyl adjacent to an activating group) is 1. The van der Waals surface area contributed by atoms with E-state index in [1.165, 1.54) is 4.90 Å². The highest BCUT2D eigenvalue weighted by Crippen LogP contribution is 1.87. The van der Waals surface area contributed by atoms with E-state index in [1.807, 2.05) is 0 Å². The number of nitrogens with two attached hydrogens (primary N) is 1. The first kappa shape index (κ1) is 10.9. The summed E-state index contributed by atoms with van der Waals surface area (Å²) >= 11 is 0. The highest BCUT2D eigenvalue weighted by atomic mass is 16.2. The lowest BCUT2D eigenvalue weighted by Gasteiger charge is -2.14. The molecule has 0 unspecified atom stereocenters. The van der Waals surface area contributed by atoms with Crippen molar-refractivity contribution in [2.75, 3.05) is 27.2 Å². The topological polar surface area (TPSA) is 75.4 Å². The molecule has 0 aromatic heterocycles. The lowest BCUT2D eigenvalue weighted by Crippen LogP contribution is -2.35. The molecule has 0 atom stereocenters. The normalized spacial score (nSPS) is 9.25. The quantitative estimate of drug-likeness (QED) is 0.545. The van der Waals surface area contributed by atoms with E-state index in [0.29, 0.717) is 13.0 Å². The number of hydrogen-bond donors (Lipinski definition) is 2. The fourth-order valence-corrected chi connectivity index (χ4v) is 0.675. The fourth-order valence-electron chi connectivity index (χ4n) is 0.675. The van der Waals surface area contributed by atoms with Crippen molar-refractivity contribution < 1.29 is 9.59 Å². The molecule has 2 amide bonds. The SMILES string of the molecule is CNC(=O)CCN(C)C(=O)CN. The van der Waals surface area contributed by atoms with Crippen LogP contribution < -0.4 is 11.1 Å². The number of nitrogens with zero attached hydrogens (tertiary/aromatic N) is 1. The Hall–Kier alpha value is -1.10. The van der Waals surface area contributed by atoms with Crippen molar-refractivity contribution in [1.82, 2.24) is 10.2 Å². The molecule has 0 aliphatic heterocycles. The van der Waals surface area contributed by atoms with Crippen LogP contribution in [0.15, 0.2) is 0 Å². The zero-order valence-corrected chi connectivity index (χ0v) is 7.46. The van der Waals surface area contributed by atoms with Gasteiger partial charge in [-0.3, -0.25) is 9.59 Å². The Kier molecular flexibility index (Phi) is 5.03. The van der Waals surface area contributed by atoms with Gasteiger partial charge in [-0.15, -0.1) is 0 Å². The van der Waals surface area contributed by atoms with Gasteiger partial charge in [0.25, 0.3) is 0 Å². The third-order valence-electron chi connectivity index (χ3n) is 1.55. The van der Waals surface area contributed by atoms with Crippen LogP contribution in [0.5, 0.6) is 0 Å². The molecule has 0 aliphatic carbocycles. The van der Waals surface area contributed by atoms with Crippen LogP contribution in [0.1, 0.15) is 6.42 Å². The Balaban J connectivity index is 3.63. The van der Waals surface area contributed by atoms with Crippen LogP contribution in [-0.4, -0.2) is 43.9 Å². The lowest BCUT2D eigenvalue weighted by atomic mass is 10.3. The maximum atomic E-state index is 10.9. The van der Waals surface area contributed by atoms with E-state index in [9.17, 15) is 9.59 Å². The predicted molar refractivity (Wildman–Crippen MR) is 45.4 cm³/mol. The Morgan fingerprint density at radius 3 is 2.50 bits per heavy atom. The van der Waals surface area contributed by atoms with Crippen molar-refractivity contribution in [3.05, 3.63) is 0 Å². The van der Waals surface area contributed by atoms with Crippen LogP contribution >= 0.6 is 0 Å². The van der Waals surface area contributed by atoms with E-state index in [4.69, 9.17) is 5.73 Å². The molecule has 3 N–H and O–H groups in total. The third-order valence-corrected chi connectivity index (χ3v) is 1.55. The molecule has 0 rings (SSSR count). The zero-order chi connectivity index (χ0) is 9.56. The molecule has 0 aromatic rings. The van der Waals surface area contributed by atoms with Gasteiger partial charge in [0.1, 0.15) is 0 Å². The van der Waals surface area contributed by atoms with E-state index in [2.05, 4.69) is 5.32 Å². The summed E-state index contributed by atoms with van der Waals surface area (Å²) in [5.41, 5.74) is 5.12. The van der Waals surface area contributed by atoms with Crippen LogP contribution in [0.4, 0.5) is 0 Å². The number of carbonyl (C=O) groups is 2. The number of rotatable bonds is 4. The summed E-state index contributed by atoms with van der Waals surface area (Å²) in [5, 5.41) is 2.47. The van der Waals surface area contributed by atoms with Crippen LogP contribution in [0.25, 0.3) is 0 Å². The lowest BCUT2D eigenvalue weighted by molar-refractivity contribution is -0.129. The van der Waals surface area contributed by atoms with Gasteiger partial charge >= 0.3 is 0 Å². The van der Waals surface area contributed by atoms with Crippen LogP contribution in [-0.2, 0) is 9.59 Å². The van der Waals surface area contributed by atoms with Crippen LogP contribution in [0.2, 0.25) is 0 Å². The van der Waals surface area contributed by atoms with Crippen molar-refractivity contribution >= 4 is 11.8 Å². The molecule has 70 valence electrons. The van der Waals surface area contributed by atoms with Gasteiger partial charge in [0.05, 0.1) is 6.54 Å². The molecule has 5 heteroatoms. The molecule has 0 fully saturated rings. The predicted octanol–water partition coefficient (Wildman–Crippen LogP) is -1.46. The Bertz CT molecular complexity index is 170. The summed E-state index contributed by atoms with van der Waals surface area (Å²) in [6.45, 7) is 0.403. The molecule has 0 aromatic carbocycles. The van der Waals surface area contributed by atoms with Crippen molar-refractivity contribution in [2.24, 2.45) is 5.73 Å². The molecular formula is C7H15N3O2. The molecule has 0 saturated heterocycles. The summed E-state index contributed by atoms with van der Waals surface area (Å²) in [7, 11) is 3.19. The largest absolute Gasteiger partial charge is 0.359 e. The average molecular weight is 173 g/mol. The van der Waals surface area contributed by atoms with Crippen molar-refractivity contribution in [3.63, 3.8) is 0 Å². The highest BCUT2D eigenvalue weighted by molar-refractivity contribution is 5.79. The van der Waals surface area contributed by atoms with Gasteiger partial charge in [-0.25, -0.2) is 0 Å². The average Bonchev–Trinajstić information content (AvgIpc) is 2.11. The number of carbonyl (C=O) groups excluding carboxylic acids is 2. The minimum absolute atomic E-state index is 0.00968. The second-order valence-electron chi connectivity index (χ2n) is 2.44. The fraction of sp³-hybridized carbons (Fsp3) is 0.714. The molecule has 0 heterocycles. The zero-order valence-electron chi connectivity index (χ0n) is 7.46. The van der Waals surface area contributed by atoms with Gasteiger partial charge < -0.3 is 16.0 Å². The van der Waals surface area contributed by atoms with Crippen molar-refractivity contribution in [3.8, 4) is 0 Å². The second kappa shape index (κ2) is 5.54. The van der Waals surface area contributed by atoms with E-state index in [0.717, 1.165) is 0 Å². The van der Waals surface area contributed by atoms with Crippen LogP contribution in [0, 0.1) is 0 Å². The maximum absolute atomic E-state index is 10.9. The number of amides is 2. The molecule has 0 bridgehead atoms. The first-order chi connectivity index (χ1) is 5.61. The van der Waals surface area contributed by atoms with Gasteiger partial charge in [-0.2, -0.15) is 0 Å². The van der Waals surface area contributed by atoms with Gasteiger partial charge in [0.2, 0.25) is 11.8 Å². The Morgan fingerprint density at radius 1 is 1.50 bits per heavy atom. The summed E-state index contributed by atoms with van der Waals surface area (Å²) < 4.78 is 0. The van der Waals surface area contributed by atoms with Gasteiger partial charge in [-0.1, -0.05) is 0 Å². The maximum Gasteiger partial charge on any atom is 0.236 e. The second-order valence-corrected chi connectivity index (χ2v) is 2.44. The van der Waals surface area contributed by atoms with Gasteiger partial charge in [-0.05, 0) is 0 Å². The summed E-state index contributed by atoms with van der Waals surface area (Å²) in [6, 6.07) is 0. The smallest absolute Gasteiger partial charge is 0.236 e. The summed E-state index contributed by atoms with van der Waals surface area (Å²) in [5.74, 6) is -0.231. The summed E-state index contributed by atoms with van der Waals surface area (Å²) in [4.78, 5) is 23.1. The minimum atomic E-state index is -0.154. The number of nitrogens with one attached hydrogen (secondary N) is 1. The number of hydrogen-bond acceptors (Lipinski definition) is 3. The molecule has 0 radical (unpaired) electrons. The third kappa shape index (κ3) is 3.92. The van der Waals surface area contributed by atoms with E-state index < -0.39 is 0 Å². The molecule has 12 heavy (non-hydrogen) atoms. The monoisotopic (exact) mass is 173 g/mol. The van der Waals surface area contributed by atoms with Crippen LogP contribution in [0.3, 0.4) is 0 Å². The van der Waals surface area contributed by atoms with Crippen molar-refractivity contribution in [2.45, 2.75) is 6.42 Å². The Labute approximate surface area is 71.9 Å². The van der Waals surface area contributed by atoms with Gasteiger partial charge in [0, 0.05) is 27.1 Å². The molecule has 0 spiro atoms. The van der Waals surface area contributed by atoms with Gasteiger partial charge in [0.15, 0.2) is 0 Å². The first-order valence-corrected chi connectivity index (χ1v) is 3.76. The van der Waals surface area contributed by atoms with Crippen molar-refractivity contribution in [1.29, 1.82) is 0 Å². The summed E-state index contributed by atoms with van der Waals surface area (Å²) in [6.07, 6.45) is 0.318.